The van der Waals surface area contributed by atoms with Gasteiger partial charge in [0.25, 0.3) is 0 Å². The molecule has 0 amide bonds. The van der Waals surface area contributed by atoms with Crippen LogP contribution in [0.1, 0.15) is 0 Å². The van der Waals surface area contributed by atoms with Gasteiger partial charge in [0.05, 0.1) is 0 Å². The number of nitrogens with one attached hydrogen (secondary N) is 2. The van der Waals surface area contributed by atoms with Gasteiger partial charge >= 0.3 is 0 Å². The highest BCUT2D eigenvalue weighted by molar-refractivity contribution is 9.10. The Balaban J connectivity index is 2.00. The molecule has 4 heteroatoms. The minimum Gasteiger partial charge on any atom is -0.361 e. The molecule has 3 heterocycles. The molecule has 0 unspecified atom stereocenters. The fourth-order valence-electron chi connectivity index (χ4n) is 2.44. The summed E-state index contributed by atoms with van der Waals surface area (Å²) in [7, 11) is 0. The number of benzene rings is 1. The lowest BCUT2D eigenvalue weighted by Gasteiger charge is -2.00. The van der Waals surface area contributed by atoms with Crippen molar-refractivity contribution in [2.75, 3.05) is 0 Å². The van der Waals surface area contributed by atoms with Gasteiger partial charge in [0.2, 0.25) is 0 Å². The van der Waals surface area contributed by atoms with E-state index in [2.05, 4.69) is 61.2 Å². The molecule has 0 aliphatic heterocycles. The molecule has 1 aromatic carbocycles. The number of fused-ring (bicyclic) bond motifs is 2. The Morgan fingerprint density at radius 2 is 2.00 bits per heavy atom. The Hall–Kier alpha value is -2.07. The summed E-state index contributed by atoms with van der Waals surface area (Å²) in [5, 5.41) is 2.35. The van der Waals surface area contributed by atoms with E-state index in [1.165, 1.54) is 16.5 Å². The third kappa shape index (κ3) is 1.68. The number of aromatic amines is 2. The van der Waals surface area contributed by atoms with Crippen LogP contribution in [-0.4, -0.2) is 15.0 Å². The maximum Gasteiger partial charge on any atom is 0.137 e. The van der Waals surface area contributed by atoms with Crippen molar-refractivity contribution in [2.24, 2.45) is 0 Å². The van der Waals surface area contributed by atoms with Crippen molar-refractivity contribution >= 4 is 37.9 Å². The second-order valence-electron chi connectivity index (χ2n) is 4.53. The first-order valence-corrected chi connectivity index (χ1v) is 6.81. The number of nitrogens with zero attached hydrogens (tertiary/aromatic N) is 1. The standard InChI is InChI=1S/C15H10BrN3/c16-11-6-12-13(8-19-15(12)18-7-11)9-1-2-14-10(5-9)3-4-17-14/h1-8,17H,(H,18,19). The van der Waals surface area contributed by atoms with Crippen molar-refractivity contribution in [3.05, 3.63) is 53.4 Å². The average Bonchev–Trinajstić information content (AvgIpc) is 3.03. The van der Waals surface area contributed by atoms with E-state index < -0.39 is 0 Å². The maximum absolute atomic E-state index is 4.37. The van der Waals surface area contributed by atoms with Crippen molar-refractivity contribution in [1.29, 1.82) is 0 Å². The summed E-state index contributed by atoms with van der Waals surface area (Å²) >= 11 is 3.48. The van der Waals surface area contributed by atoms with Crippen molar-refractivity contribution in [1.82, 2.24) is 15.0 Å². The largest absolute Gasteiger partial charge is 0.361 e. The predicted octanol–water partition coefficient (Wildman–Crippen LogP) is 4.47. The molecule has 0 aliphatic rings. The van der Waals surface area contributed by atoms with Gasteiger partial charge in [-0.2, -0.15) is 0 Å². The molecule has 2 N–H and O–H groups in total. The molecule has 0 spiro atoms. The molecule has 0 saturated heterocycles. The van der Waals surface area contributed by atoms with Crippen molar-refractivity contribution in [2.45, 2.75) is 0 Å². The number of hydrogen-bond donors (Lipinski definition) is 2. The van der Waals surface area contributed by atoms with E-state index in [0.717, 1.165) is 21.0 Å². The first-order chi connectivity index (χ1) is 9.31. The van der Waals surface area contributed by atoms with Gasteiger partial charge in [-0.05, 0) is 51.1 Å². The third-order valence-electron chi connectivity index (χ3n) is 3.36. The quantitative estimate of drug-likeness (QED) is 0.535. The predicted molar refractivity (Wildman–Crippen MR) is 81.1 cm³/mol. The molecule has 0 bridgehead atoms. The molecule has 3 aromatic heterocycles. The number of pyridine rings is 1. The second kappa shape index (κ2) is 3.96. The van der Waals surface area contributed by atoms with E-state index in [0.29, 0.717) is 0 Å². The zero-order valence-corrected chi connectivity index (χ0v) is 11.5. The van der Waals surface area contributed by atoms with Gasteiger partial charge < -0.3 is 9.97 Å². The van der Waals surface area contributed by atoms with E-state index in [-0.39, 0.29) is 0 Å². The smallest absolute Gasteiger partial charge is 0.137 e. The Kier molecular flexibility index (Phi) is 2.26. The van der Waals surface area contributed by atoms with Crippen LogP contribution < -0.4 is 0 Å². The van der Waals surface area contributed by atoms with Crippen LogP contribution in [-0.2, 0) is 0 Å². The summed E-state index contributed by atoms with van der Waals surface area (Å²) in [6.45, 7) is 0. The maximum atomic E-state index is 4.37. The van der Waals surface area contributed by atoms with Crippen LogP contribution in [0.25, 0.3) is 33.1 Å². The van der Waals surface area contributed by atoms with Crippen LogP contribution >= 0.6 is 15.9 Å². The zero-order chi connectivity index (χ0) is 12.8. The monoisotopic (exact) mass is 311 g/mol. The molecular formula is C15H10BrN3. The minimum atomic E-state index is 0.910. The van der Waals surface area contributed by atoms with Gasteiger partial charge in [0.15, 0.2) is 0 Å². The summed E-state index contributed by atoms with van der Waals surface area (Å²) in [5.41, 5.74) is 4.43. The molecule has 0 fully saturated rings. The van der Waals surface area contributed by atoms with E-state index in [4.69, 9.17) is 0 Å². The zero-order valence-electron chi connectivity index (χ0n) is 9.94. The second-order valence-corrected chi connectivity index (χ2v) is 5.45. The Bertz CT molecular complexity index is 889. The normalized spacial score (nSPS) is 11.4. The molecule has 4 aromatic rings. The third-order valence-corrected chi connectivity index (χ3v) is 3.80. The fourth-order valence-corrected chi connectivity index (χ4v) is 2.77. The number of H-pyrrole nitrogens is 2. The molecule has 4 rings (SSSR count). The average molecular weight is 312 g/mol. The summed E-state index contributed by atoms with van der Waals surface area (Å²) in [6, 6.07) is 10.6. The molecule has 19 heavy (non-hydrogen) atoms. The van der Waals surface area contributed by atoms with Gasteiger partial charge in [-0.25, -0.2) is 4.98 Å². The highest BCUT2D eigenvalue weighted by Crippen LogP contribution is 2.31. The Morgan fingerprint density at radius 3 is 2.95 bits per heavy atom. The summed E-state index contributed by atoms with van der Waals surface area (Å²) < 4.78 is 0.989. The van der Waals surface area contributed by atoms with Gasteiger partial charge in [0.1, 0.15) is 5.65 Å². The molecule has 0 saturated carbocycles. The first-order valence-electron chi connectivity index (χ1n) is 6.01. The summed E-state index contributed by atoms with van der Waals surface area (Å²) in [5.74, 6) is 0. The molecule has 3 nitrogen and oxygen atoms in total. The highest BCUT2D eigenvalue weighted by atomic mass is 79.9. The summed E-state index contributed by atoms with van der Waals surface area (Å²) in [6.07, 6.45) is 5.78. The minimum absolute atomic E-state index is 0.910. The van der Waals surface area contributed by atoms with Crippen LogP contribution in [0.4, 0.5) is 0 Å². The van der Waals surface area contributed by atoms with Crippen molar-refractivity contribution < 1.29 is 0 Å². The van der Waals surface area contributed by atoms with Gasteiger partial charge in [0, 0.05) is 39.5 Å². The SMILES string of the molecule is Brc1cnc2[nH]cc(-c3ccc4[nH]ccc4c3)c2c1. The lowest BCUT2D eigenvalue weighted by Crippen LogP contribution is -1.78. The molecular weight excluding hydrogens is 302 g/mol. The number of halogens is 1. The Morgan fingerprint density at radius 1 is 1.05 bits per heavy atom. The lowest BCUT2D eigenvalue weighted by atomic mass is 10.0. The Labute approximate surface area is 117 Å². The molecule has 0 atom stereocenters. The molecule has 92 valence electrons. The van der Waals surface area contributed by atoms with Crippen LogP contribution in [0.5, 0.6) is 0 Å². The highest BCUT2D eigenvalue weighted by Gasteiger charge is 2.08. The van der Waals surface area contributed by atoms with Gasteiger partial charge in [-0.3, -0.25) is 0 Å². The van der Waals surface area contributed by atoms with Crippen molar-refractivity contribution in [3.8, 4) is 11.1 Å². The van der Waals surface area contributed by atoms with E-state index in [1.807, 2.05) is 12.4 Å². The number of aromatic nitrogens is 3. The number of rotatable bonds is 1. The lowest BCUT2D eigenvalue weighted by molar-refractivity contribution is 1.31. The summed E-state index contributed by atoms with van der Waals surface area (Å²) in [4.78, 5) is 10.8. The van der Waals surface area contributed by atoms with Crippen LogP contribution in [0.15, 0.2) is 53.4 Å². The van der Waals surface area contributed by atoms with Gasteiger partial charge in [-0.1, -0.05) is 6.07 Å². The number of hydrogen-bond acceptors (Lipinski definition) is 1. The topological polar surface area (TPSA) is 44.5 Å². The first kappa shape index (κ1) is 10.8. The molecule has 0 aliphatic carbocycles. The van der Waals surface area contributed by atoms with Crippen LogP contribution in [0, 0.1) is 0 Å². The van der Waals surface area contributed by atoms with E-state index in [1.54, 1.807) is 6.20 Å². The molecule has 0 radical (unpaired) electrons. The van der Waals surface area contributed by atoms with Crippen LogP contribution in [0.2, 0.25) is 0 Å². The van der Waals surface area contributed by atoms with Crippen LogP contribution in [0.3, 0.4) is 0 Å². The van der Waals surface area contributed by atoms with E-state index in [9.17, 15) is 0 Å². The van der Waals surface area contributed by atoms with Crippen molar-refractivity contribution in [3.63, 3.8) is 0 Å². The van der Waals surface area contributed by atoms with E-state index >= 15 is 0 Å². The van der Waals surface area contributed by atoms with Gasteiger partial charge in [-0.15, -0.1) is 0 Å². The fraction of sp³-hybridized carbons (Fsp3) is 0.